The molecular formula is C24H32N2O5. The number of rotatable bonds is 10. The van der Waals surface area contributed by atoms with Gasteiger partial charge in [0.2, 0.25) is 5.91 Å². The van der Waals surface area contributed by atoms with Crippen molar-refractivity contribution in [3.8, 4) is 23.0 Å². The van der Waals surface area contributed by atoms with Crippen molar-refractivity contribution in [2.45, 2.75) is 25.3 Å². The molecule has 1 N–H and O–H groups in total. The van der Waals surface area contributed by atoms with Crippen LogP contribution in [0.25, 0.3) is 0 Å². The van der Waals surface area contributed by atoms with Crippen LogP contribution in [0.3, 0.4) is 0 Å². The number of nitrogens with one attached hydrogen (secondary N) is 1. The van der Waals surface area contributed by atoms with E-state index in [1.165, 1.54) is 0 Å². The van der Waals surface area contributed by atoms with Crippen LogP contribution in [-0.2, 0) is 11.2 Å². The number of carbonyl (C=O) groups is 1. The van der Waals surface area contributed by atoms with Crippen LogP contribution in [0.1, 0.15) is 30.0 Å². The summed E-state index contributed by atoms with van der Waals surface area (Å²) in [6.45, 7) is 1.83. The summed E-state index contributed by atoms with van der Waals surface area (Å²) < 4.78 is 21.5. The van der Waals surface area contributed by atoms with Crippen molar-refractivity contribution < 1.29 is 23.7 Å². The van der Waals surface area contributed by atoms with Crippen molar-refractivity contribution in [2.75, 3.05) is 48.1 Å². The Morgan fingerprint density at radius 2 is 1.74 bits per heavy atom. The average Bonchev–Trinajstić information content (AvgIpc) is 3.25. The van der Waals surface area contributed by atoms with Gasteiger partial charge in [0.1, 0.15) is 11.5 Å². The first-order chi connectivity index (χ1) is 15.1. The van der Waals surface area contributed by atoms with Crippen LogP contribution in [-0.4, -0.2) is 58.9 Å². The van der Waals surface area contributed by atoms with Crippen LogP contribution in [0.15, 0.2) is 36.4 Å². The Balaban J connectivity index is 1.55. The number of ether oxygens (including phenoxy) is 4. The number of amides is 1. The fourth-order valence-electron chi connectivity index (χ4n) is 4.08. The number of carbonyl (C=O) groups excluding carboxylic acids is 1. The Hall–Kier alpha value is -2.93. The molecule has 7 heteroatoms. The maximum atomic E-state index is 12.6. The van der Waals surface area contributed by atoms with Crippen LogP contribution >= 0.6 is 0 Å². The van der Waals surface area contributed by atoms with Gasteiger partial charge in [-0.05, 0) is 49.6 Å². The van der Waals surface area contributed by atoms with Gasteiger partial charge in [-0.1, -0.05) is 12.1 Å². The Morgan fingerprint density at radius 3 is 2.45 bits per heavy atom. The third-order valence-corrected chi connectivity index (χ3v) is 5.69. The highest BCUT2D eigenvalue weighted by Gasteiger charge is 2.29. The summed E-state index contributed by atoms with van der Waals surface area (Å²) in [6.07, 6.45) is 2.78. The minimum atomic E-state index is 0.0276. The van der Waals surface area contributed by atoms with Gasteiger partial charge in [0.15, 0.2) is 11.5 Å². The van der Waals surface area contributed by atoms with Gasteiger partial charge in [0, 0.05) is 24.2 Å². The zero-order chi connectivity index (χ0) is 22.2. The summed E-state index contributed by atoms with van der Waals surface area (Å²) in [5.41, 5.74) is 2.18. The quantitative estimate of drug-likeness (QED) is 0.627. The molecule has 1 heterocycles. The van der Waals surface area contributed by atoms with E-state index in [2.05, 4.69) is 10.2 Å². The number of methoxy groups -OCH3 is 4. The lowest BCUT2D eigenvalue weighted by Gasteiger charge is -2.26. The van der Waals surface area contributed by atoms with Crippen molar-refractivity contribution in [1.29, 1.82) is 0 Å². The Morgan fingerprint density at radius 1 is 0.968 bits per heavy atom. The average molecular weight is 429 g/mol. The van der Waals surface area contributed by atoms with Gasteiger partial charge < -0.3 is 24.3 Å². The highest BCUT2D eigenvalue weighted by molar-refractivity contribution is 5.78. The Labute approximate surface area is 184 Å². The van der Waals surface area contributed by atoms with Gasteiger partial charge in [-0.25, -0.2) is 0 Å². The van der Waals surface area contributed by atoms with Crippen LogP contribution in [0, 0.1) is 0 Å². The fraction of sp³-hybridized carbons (Fsp3) is 0.458. The zero-order valence-electron chi connectivity index (χ0n) is 18.8. The minimum Gasteiger partial charge on any atom is -0.497 e. The molecule has 168 valence electrons. The van der Waals surface area contributed by atoms with Gasteiger partial charge in [0.25, 0.3) is 0 Å². The molecule has 0 aromatic heterocycles. The molecule has 0 aliphatic carbocycles. The number of nitrogens with zero attached hydrogens (tertiary/aromatic N) is 1. The van der Waals surface area contributed by atoms with Gasteiger partial charge in [-0.15, -0.1) is 0 Å². The molecule has 2 aromatic carbocycles. The van der Waals surface area contributed by atoms with Crippen LogP contribution in [0.5, 0.6) is 23.0 Å². The standard InChI is InChI=1S/C24H32N2O5/c1-28-18-8-9-19(22(15-18)30-3)20-6-5-13-26(20)16-24(27)25-12-11-17-7-10-21(29-2)23(14-17)31-4/h7-10,14-15,20H,5-6,11-13,16H2,1-4H3,(H,25,27)/t20-/m1/s1. The summed E-state index contributed by atoms with van der Waals surface area (Å²) in [4.78, 5) is 14.8. The summed E-state index contributed by atoms with van der Waals surface area (Å²) in [5, 5.41) is 3.04. The maximum absolute atomic E-state index is 12.6. The minimum absolute atomic E-state index is 0.0276. The van der Waals surface area contributed by atoms with E-state index in [0.29, 0.717) is 24.6 Å². The summed E-state index contributed by atoms with van der Waals surface area (Å²) in [6, 6.07) is 11.9. The molecular weight excluding hydrogens is 396 g/mol. The number of likely N-dealkylation sites (tertiary alicyclic amines) is 1. The van der Waals surface area contributed by atoms with Crippen molar-refractivity contribution in [3.05, 3.63) is 47.5 Å². The monoisotopic (exact) mass is 428 g/mol. The molecule has 0 spiro atoms. The van der Waals surface area contributed by atoms with E-state index in [1.54, 1.807) is 28.4 Å². The fourth-order valence-corrected chi connectivity index (χ4v) is 4.08. The molecule has 0 unspecified atom stereocenters. The second kappa shape index (κ2) is 10.9. The maximum Gasteiger partial charge on any atom is 0.234 e. The zero-order valence-corrected chi connectivity index (χ0v) is 18.8. The third-order valence-electron chi connectivity index (χ3n) is 5.69. The highest BCUT2D eigenvalue weighted by atomic mass is 16.5. The summed E-state index contributed by atoms with van der Waals surface area (Å²) in [7, 11) is 6.54. The second-order valence-corrected chi connectivity index (χ2v) is 7.53. The molecule has 1 saturated heterocycles. The summed E-state index contributed by atoms with van der Waals surface area (Å²) >= 11 is 0. The molecule has 2 aromatic rings. The Bertz CT molecular complexity index is 886. The van der Waals surface area contributed by atoms with Gasteiger partial charge in [0.05, 0.1) is 35.0 Å². The second-order valence-electron chi connectivity index (χ2n) is 7.53. The van der Waals surface area contributed by atoms with Gasteiger partial charge in [-0.2, -0.15) is 0 Å². The molecule has 3 rings (SSSR count). The molecule has 1 aliphatic rings. The first kappa shape index (κ1) is 22.7. The molecule has 7 nitrogen and oxygen atoms in total. The van der Waals surface area contributed by atoms with Crippen molar-refractivity contribution in [2.24, 2.45) is 0 Å². The van der Waals surface area contributed by atoms with Crippen molar-refractivity contribution in [1.82, 2.24) is 10.2 Å². The van der Waals surface area contributed by atoms with Crippen LogP contribution in [0.2, 0.25) is 0 Å². The third kappa shape index (κ3) is 5.61. The van der Waals surface area contributed by atoms with E-state index < -0.39 is 0 Å². The Kier molecular flexibility index (Phi) is 8.00. The van der Waals surface area contributed by atoms with E-state index >= 15 is 0 Å². The molecule has 0 bridgehead atoms. The molecule has 31 heavy (non-hydrogen) atoms. The van der Waals surface area contributed by atoms with E-state index in [1.807, 2.05) is 36.4 Å². The van der Waals surface area contributed by atoms with Crippen LogP contribution < -0.4 is 24.3 Å². The molecule has 0 radical (unpaired) electrons. The summed E-state index contributed by atoms with van der Waals surface area (Å²) in [5.74, 6) is 2.98. The normalized spacial score (nSPS) is 16.1. The number of benzene rings is 2. The molecule has 1 fully saturated rings. The first-order valence-electron chi connectivity index (χ1n) is 10.5. The molecule has 1 amide bonds. The molecule has 1 aliphatic heterocycles. The number of hydrogen-bond donors (Lipinski definition) is 1. The lowest BCUT2D eigenvalue weighted by atomic mass is 10.0. The lowest BCUT2D eigenvalue weighted by Crippen LogP contribution is -2.37. The topological polar surface area (TPSA) is 69.3 Å². The van der Waals surface area contributed by atoms with E-state index in [0.717, 1.165) is 48.4 Å². The van der Waals surface area contributed by atoms with Crippen molar-refractivity contribution in [3.63, 3.8) is 0 Å². The SMILES string of the molecule is COc1ccc([C@H]2CCCN2CC(=O)NCCc2ccc(OC)c(OC)c2)c(OC)c1. The molecule has 1 atom stereocenters. The van der Waals surface area contributed by atoms with E-state index in [9.17, 15) is 4.79 Å². The van der Waals surface area contributed by atoms with Gasteiger partial charge in [-0.3, -0.25) is 9.69 Å². The van der Waals surface area contributed by atoms with Crippen molar-refractivity contribution >= 4 is 5.91 Å². The predicted molar refractivity (Wildman–Crippen MR) is 119 cm³/mol. The van der Waals surface area contributed by atoms with E-state index in [4.69, 9.17) is 18.9 Å². The van der Waals surface area contributed by atoms with E-state index in [-0.39, 0.29) is 11.9 Å². The largest absolute Gasteiger partial charge is 0.497 e. The van der Waals surface area contributed by atoms with Crippen LogP contribution in [0.4, 0.5) is 0 Å². The predicted octanol–water partition coefficient (Wildman–Crippen LogP) is 3.22. The van der Waals surface area contributed by atoms with Gasteiger partial charge >= 0.3 is 0 Å². The number of hydrogen-bond acceptors (Lipinski definition) is 6. The highest BCUT2D eigenvalue weighted by Crippen LogP contribution is 2.38. The first-order valence-corrected chi connectivity index (χ1v) is 10.5. The lowest BCUT2D eigenvalue weighted by molar-refractivity contribution is -0.122. The molecule has 0 saturated carbocycles. The smallest absolute Gasteiger partial charge is 0.234 e.